The van der Waals surface area contributed by atoms with Gasteiger partial charge in [0.25, 0.3) is 0 Å². The highest BCUT2D eigenvalue weighted by atomic mass is 16.5. The van der Waals surface area contributed by atoms with Crippen molar-refractivity contribution >= 4 is 22.6 Å². The first-order chi connectivity index (χ1) is 8.81. The Balaban J connectivity index is 2.05. The first-order valence-corrected chi connectivity index (χ1v) is 5.55. The van der Waals surface area contributed by atoms with Crippen molar-refractivity contribution in [2.75, 3.05) is 19.1 Å². The predicted octanol–water partition coefficient (Wildman–Crippen LogP) is 1.11. The number of hydrogen-bond donors (Lipinski definition) is 2. The minimum atomic E-state index is -0.153. The van der Waals surface area contributed by atoms with Crippen LogP contribution in [-0.2, 0) is 9.53 Å². The van der Waals surface area contributed by atoms with Crippen LogP contribution in [0.25, 0.3) is 10.9 Å². The van der Waals surface area contributed by atoms with E-state index in [1.54, 1.807) is 7.11 Å². The van der Waals surface area contributed by atoms with Crippen LogP contribution in [0.2, 0.25) is 0 Å². The quantitative estimate of drug-likeness (QED) is 0.773. The van der Waals surface area contributed by atoms with E-state index in [1.807, 2.05) is 24.3 Å². The summed E-state index contributed by atoms with van der Waals surface area (Å²) in [6, 6.07) is 7.56. The number of anilines is 1. The van der Waals surface area contributed by atoms with E-state index in [-0.39, 0.29) is 5.91 Å². The number of benzene rings is 1. The van der Waals surface area contributed by atoms with Gasteiger partial charge in [0.1, 0.15) is 6.33 Å². The molecule has 0 fully saturated rings. The van der Waals surface area contributed by atoms with Gasteiger partial charge in [-0.15, -0.1) is 0 Å². The van der Waals surface area contributed by atoms with E-state index in [1.165, 1.54) is 6.33 Å². The summed E-state index contributed by atoms with van der Waals surface area (Å²) in [7, 11) is 1.55. The summed E-state index contributed by atoms with van der Waals surface area (Å²) in [6.07, 6.45) is 1.75. The van der Waals surface area contributed by atoms with Gasteiger partial charge in [0.05, 0.1) is 18.5 Å². The second-order valence-electron chi connectivity index (χ2n) is 3.66. The number of hydrazine groups is 1. The number of para-hydroxylation sites is 1. The van der Waals surface area contributed by atoms with Crippen LogP contribution in [0.4, 0.5) is 5.82 Å². The van der Waals surface area contributed by atoms with Crippen LogP contribution in [0.5, 0.6) is 0 Å². The van der Waals surface area contributed by atoms with Crippen molar-refractivity contribution in [3.05, 3.63) is 30.6 Å². The molecule has 0 saturated carbocycles. The molecule has 2 N–H and O–H groups in total. The van der Waals surface area contributed by atoms with Crippen LogP contribution in [0, 0.1) is 0 Å². The Bertz CT molecular complexity index is 539. The van der Waals surface area contributed by atoms with Gasteiger partial charge < -0.3 is 4.74 Å². The highest BCUT2D eigenvalue weighted by Gasteiger charge is 2.04. The summed E-state index contributed by atoms with van der Waals surface area (Å²) < 4.78 is 4.82. The molecule has 0 radical (unpaired) electrons. The molecule has 0 unspecified atom stereocenters. The summed E-state index contributed by atoms with van der Waals surface area (Å²) in [4.78, 5) is 19.6. The average Bonchev–Trinajstić information content (AvgIpc) is 2.42. The smallest absolute Gasteiger partial charge is 0.240 e. The Morgan fingerprint density at radius 2 is 2.17 bits per heavy atom. The third kappa shape index (κ3) is 2.92. The van der Waals surface area contributed by atoms with Gasteiger partial charge in [-0.2, -0.15) is 0 Å². The molecule has 0 aliphatic rings. The van der Waals surface area contributed by atoms with Gasteiger partial charge in [0.2, 0.25) is 5.91 Å². The minimum Gasteiger partial charge on any atom is -0.384 e. The number of methoxy groups -OCH3 is 1. The molecule has 1 aromatic heterocycles. The second-order valence-corrected chi connectivity index (χ2v) is 3.66. The van der Waals surface area contributed by atoms with Crippen LogP contribution in [0.15, 0.2) is 30.6 Å². The number of rotatable bonds is 5. The molecular weight excluding hydrogens is 232 g/mol. The number of nitrogens with one attached hydrogen (secondary N) is 2. The molecule has 94 valence electrons. The number of hydrogen-bond acceptors (Lipinski definition) is 5. The maximum Gasteiger partial charge on any atom is 0.240 e. The average molecular weight is 246 g/mol. The zero-order valence-corrected chi connectivity index (χ0v) is 10.0. The van der Waals surface area contributed by atoms with E-state index in [2.05, 4.69) is 20.8 Å². The van der Waals surface area contributed by atoms with Crippen molar-refractivity contribution in [3.8, 4) is 0 Å². The maximum atomic E-state index is 11.4. The molecule has 1 amide bonds. The Hall–Kier alpha value is -2.21. The summed E-state index contributed by atoms with van der Waals surface area (Å²) in [5.41, 5.74) is 6.18. The topological polar surface area (TPSA) is 76.1 Å². The lowest BCUT2D eigenvalue weighted by molar-refractivity contribution is -0.121. The molecule has 1 heterocycles. The number of carbonyl (C=O) groups excluding carboxylic acids is 1. The van der Waals surface area contributed by atoms with Gasteiger partial charge in [-0.05, 0) is 12.1 Å². The molecule has 6 nitrogen and oxygen atoms in total. The monoisotopic (exact) mass is 246 g/mol. The van der Waals surface area contributed by atoms with E-state index < -0.39 is 0 Å². The van der Waals surface area contributed by atoms with Gasteiger partial charge in [-0.25, -0.2) is 9.97 Å². The third-order valence-electron chi connectivity index (χ3n) is 2.40. The number of amides is 1. The van der Waals surface area contributed by atoms with Gasteiger partial charge >= 0.3 is 0 Å². The maximum absolute atomic E-state index is 11.4. The minimum absolute atomic E-state index is 0.153. The van der Waals surface area contributed by atoms with Gasteiger partial charge in [0.15, 0.2) is 5.82 Å². The van der Waals surface area contributed by atoms with Gasteiger partial charge in [-0.3, -0.25) is 15.6 Å². The molecule has 1 aromatic carbocycles. The third-order valence-corrected chi connectivity index (χ3v) is 2.40. The SMILES string of the molecule is COCCC(=O)NNc1ncnc2ccccc12. The Morgan fingerprint density at radius 3 is 3.00 bits per heavy atom. The number of aromatic nitrogens is 2. The van der Waals surface area contributed by atoms with Crippen LogP contribution in [-0.4, -0.2) is 29.6 Å². The molecule has 0 bridgehead atoms. The van der Waals surface area contributed by atoms with Crippen molar-refractivity contribution in [2.24, 2.45) is 0 Å². The molecule has 0 aliphatic carbocycles. The lowest BCUT2D eigenvalue weighted by Gasteiger charge is -2.09. The number of fused-ring (bicyclic) bond motifs is 1. The fraction of sp³-hybridized carbons (Fsp3) is 0.250. The molecule has 2 aromatic rings. The second kappa shape index (κ2) is 5.92. The van der Waals surface area contributed by atoms with Crippen LogP contribution >= 0.6 is 0 Å². The normalized spacial score (nSPS) is 10.3. The summed E-state index contributed by atoms with van der Waals surface area (Å²) in [5, 5.41) is 0.854. The van der Waals surface area contributed by atoms with Crippen molar-refractivity contribution in [2.45, 2.75) is 6.42 Å². The molecule has 0 atom stereocenters. The highest BCUT2D eigenvalue weighted by molar-refractivity contribution is 5.89. The first kappa shape index (κ1) is 12.3. The van der Waals surface area contributed by atoms with Gasteiger partial charge in [0, 0.05) is 12.5 Å². The van der Waals surface area contributed by atoms with Crippen molar-refractivity contribution in [1.29, 1.82) is 0 Å². The van der Waals surface area contributed by atoms with Crippen molar-refractivity contribution in [1.82, 2.24) is 15.4 Å². The molecular formula is C12H14N4O2. The molecule has 18 heavy (non-hydrogen) atoms. The number of nitrogens with zero attached hydrogens (tertiary/aromatic N) is 2. The Kier molecular flexibility index (Phi) is 4.03. The number of carbonyl (C=O) groups is 1. The number of ether oxygens (including phenoxy) is 1. The molecule has 0 spiro atoms. The van der Waals surface area contributed by atoms with Crippen molar-refractivity contribution < 1.29 is 9.53 Å². The first-order valence-electron chi connectivity index (χ1n) is 5.55. The zero-order chi connectivity index (χ0) is 12.8. The van der Waals surface area contributed by atoms with E-state index in [9.17, 15) is 4.79 Å². The fourth-order valence-corrected chi connectivity index (χ4v) is 1.49. The lowest BCUT2D eigenvalue weighted by atomic mass is 10.2. The molecule has 6 heteroatoms. The van der Waals surface area contributed by atoms with Crippen LogP contribution < -0.4 is 10.9 Å². The zero-order valence-electron chi connectivity index (χ0n) is 10.0. The van der Waals surface area contributed by atoms with E-state index in [0.717, 1.165) is 10.9 Å². The Labute approximate surface area is 104 Å². The van der Waals surface area contributed by atoms with Crippen molar-refractivity contribution in [3.63, 3.8) is 0 Å². The lowest BCUT2D eigenvalue weighted by Crippen LogP contribution is -2.30. The standard InChI is InChI=1S/C12H14N4O2/c1-18-7-6-11(17)15-16-12-9-4-2-3-5-10(9)13-8-14-12/h2-5,8H,6-7H2,1H3,(H,15,17)(H,13,14,16). The van der Waals surface area contributed by atoms with E-state index >= 15 is 0 Å². The Morgan fingerprint density at radius 1 is 1.33 bits per heavy atom. The van der Waals surface area contributed by atoms with Crippen LogP contribution in [0.1, 0.15) is 6.42 Å². The van der Waals surface area contributed by atoms with Crippen LogP contribution in [0.3, 0.4) is 0 Å². The molecule has 2 rings (SSSR count). The largest absolute Gasteiger partial charge is 0.384 e. The highest BCUT2D eigenvalue weighted by Crippen LogP contribution is 2.17. The van der Waals surface area contributed by atoms with E-state index in [4.69, 9.17) is 4.74 Å². The summed E-state index contributed by atoms with van der Waals surface area (Å²) >= 11 is 0. The molecule has 0 aliphatic heterocycles. The van der Waals surface area contributed by atoms with E-state index in [0.29, 0.717) is 18.8 Å². The van der Waals surface area contributed by atoms with Gasteiger partial charge in [-0.1, -0.05) is 12.1 Å². The predicted molar refractivity (Wildman–Crippen MR) is 67.8 cm³/mol. The fourth-order valence-electron chi connectivity index (χ4n) is 1.49. The molecule has 0 saturated heterocycles. The summed E-state index contributed by atoms with van der Waals surface area (Å²) in [5.74, 6) is 0.422. The summed E-state index contributed by atoms with van der Waals surface area (Å²) in [6.45, 7) is 0.387.